The minimum absolute atomic E-state index is 0.0912. The second-order valence-corrected chi connectivity index (χ2v) is 7.66. The summed E-state index contributed by atoms with van der Waals surface area (Å²) in [5.41, 5.74) is 0.925. The number of benzene rings is 1. The molecule has 1 saturated carbocycles. The Balaban J connectivity index is 1.57. The molecule has 1 amide bonds. The lowest BCUT2D eigenvalue weighted by atomic mass is 10.1. The fourth-order valence-corrected chi connectivity index (χ4v) is 4.16. The predicted molar refractivity (Wildman–Crippen MR) is 105 cm³/mol. The summed E-state index contributed by atoms with van der Waals surface area (Å²) in [5.74, 6) is 0.897. The zero-order valence-corrected chi connectivity index (χ0v) is 16.5. The van der Waals surface area contributed by atoms with Crippen LogP contribution in [0.4, 0.5) is 0 Å². The molecule has 1 saturated heterocycles. The Bertz CT molecular complexity index is 618. The fraction of sp³-hybridized carbons (Fsp3) is 0.550. The highest BCUT2D eigenvalue weighted by atomic mass is 79.9. The van der Waals surface area contributed by atoms with Crippen molar-refractivity contribution in [1.29, 1.82) is 0 Å². The van der Waals surface area contributed by atoms with Gasteiger partial charge < -0.3 is 9.64 Å². The third-order valence-corrected chi connectivity index (χ3v) is 5.64. The quantitative estimate of drug-likeness (QED) is 0.693. The number of halogens is 1. The average Bonchev–Trinajstić information content (AvgIpc) is 3.16. The Morgan fingerprint density at radius 3 is 2.64 bits per heavy atom. The van der Waals surface area contributed by atoms with E-state index in [2.05, 4.69) is 20.8 Å². The normalized spacial score (nSPS) is 19.7. The van der Waals surface area contributed by atoms with E-state index in [9.17, 15) is 4.79 Å². The maximum atomic E-state index is 12.5. The summed E-state index contributed by atoms with van der Waals surface area (Å²) in [4.78, 5) is 17.1. The first-order valence-electron chi connectivity index (χ1n) is 9.30. The molecule has 2 fully saturated rings. The number of hydrogen-bond acceptors (Lipinski definition) is 3. The third kappa shape index (κ3) is 4.85. The summed E-state index contributed by atoms with van der Waals surface area (Å²) in [6.45, 7) is 6.24. The van der Waals surface area contributed by atoms with Gasteiger partial charge in [-0.1, -0.05) is 28.8 Å². The van der Waals surface area contributed by atoms with Crippen LogP contribution in [0.15, 0.2) is 28.7 Å². The van der Waals surface area contributed by atoms with Crippen LogP contribution in [0.1, 0.15) is 38.2 Å². The van der Waals surface area contributed by atoms with Crippen molar-refractivity contribution in [1.82, 2.24) is 9.80 Å². The van der Waals surface area contributed by atoms with E-state index in [1.165, 1.54) is 25.7 Å². The third-order valence-electron chi connectivity index (χ3n) is 5.14. The van der Waals surface area contributed by atoms with Crippen LogP contribution < -0.4 is 4.74 Å². The lowest BCUT2D eigenvalue weighted by Crippen LogP contribution is -2.51. The van der Waals surface area contributed by atoms with Gasteiger partial charge in [0.15, 0.2) is 0 Å². The Morgan fingerprint density at radius 1 is 1.24 bits per heavy atom. The summed E-state index contributed by atoms with van der Waals surface area (Å²) in [7, 11) is 0. The minimum atomic E-state index is 0.0912. The van der Waals surface area contributed by atoms with Gasteiger partial charge in [0.1, 0.15) is 5.75 Å². The Morgan fingerprint density at radius 2 is 1.96 bits per heavy atom. The van der Waals surface area contributed by atoms with E-state index in [4.69, 9.17) is 4.74 Å². The maximum Gasteiger partial charge on any atom is 0.246 e. The van der Waals surface area contributed by atoms with Gasteiger partial charge in [0.25, 0.3) is 0 Å². The fourth-order valence-electron chi connectivity index (χ4n) is 3.78. The van der Waals surface area contributed by atoms with Crippen LogP contribution in [0.5, 0.6) is 5.75 Å². The van der Waals surface area contributed by atoms with Crippen LogP contribution in [0.25, 0.3) is 6.08 Å². The number of hydrogen-bond donors (Lipinski definition) is 0. The number of amides is 1. The molecule has 1 aliphatic heterocycles. The van der Waals surface area contributed by atoms with Gasteiger partial charge in [-0.15, -0.1) is 0 Å². The number of carbonyl (C=O) groups is 1. The summed E-state index contributed by atoms with van der Waals surface area (Å²) in [6.07, 6.45) is 8.92. The minimum Gasteiger partial charge on any atom is -0.493 e. The van der Waals surface area contributed by atoms with E-state index in [1.54, 1.807) is 6.08 Å². The van der Waals surface area contributed by atoms with Gasteiger partial charge in [0.05, 0.1) is 6.61 Å². The number of rotatable bonds is 5. The monoisotopic (exact) mass is 406 g/mol. The van der Waals surface area contributed by atoms with Crippen molar-refractivity contribution in [3.8, 4) is 5.75 Å². The SMILES string of the molecule is CCOc1ccc(Br)cc1/C=C/C(=O)N1CCN(C2CCCC2)CC1. The lowest BCUT2D eigenvalue weighted by molar-refractivity contribution is -0.127. The van der Waals surface area contributed by atoms with Crippen LogP contribution in [0, 0.1) is 0 Å². The highest BCUT2D eigenvalue weighted by Crippen LogP contribution is 2.26. The number of carbonyl (C=O) groups excluding carboxylic acids is 1. The van der Waals surface area contributed by atoms with E-state index in [0.29, 0.717) is 6.61 Å². The molecule has 0 atom stereocenters. The topological polar surface area (TPSA) is 32.8 Å². The molecule has 1 aromatic carbocycles. The van der Waals surface area contributed by atoms with Crippen LogP contribution in [-0.2, 0) is 4.79 Å². The van der Waals surface area contributed by atoms with Gasteiger partial charge in [-0.25, -0.2) is 0 Å². The zero-order chi connectivity index (χ0) is 17.6. The summed E-state index contributed by atoms with van der Waals surface area (Å²) < 4.78 is 6.62. The van der Waals surface area contributed by atoms with Crippen molar-refractivity contribution in [2.75, 3.05) is 32.8 Å². The van der Waals surface area contributed by atoms with E-state index in [-0.39, 0.29) is 5.91 Å². The van der Waals surface area contributed by atoms with Crippen LogP contribution in [0.3, 0.4) is 0 Å². The average molecular weight is 407 g/mol. The van der Waals surface area contributed by atoms with Crippen molar-refractivity contribution in [3.05, 3.63) is 34.3 Å². The molecule has 1 aliphatic carbocycles. The predicted octanol–water partition coefficient (Wildman–Crippen LogP) is 3.95. The first kappa shape index (κ1) is 18.5. The smallest absolute Gasteiger partial charge is 0.246 e. The van der Waals surface area contributed by atoms with Gasteiger partial charge in [-0.2, -0.15) is 0 Å². The molecular formula is C20H27BrN2O2. The summed E-state index contributed by atoms with van der Waals surface area (Å²) in [6, 6.07) is 6.61. The van der Waals surface area contributed by atoms with Crippen molar-refractivity contribution < 1.29 is 9.53 Å². The lowest BCUT2D eigenvalue weighted by Gasteiger charge is -2.37. The number of piperazine rings is 1. The molecule has 136 valence electrons. The van der Waals surface area contributed by atoms with Gasteiger partial charge in [0, 0.05) is 48.3 Å². The van der Waals surface area contributed by atoms with Gasteiger partial charge >= 0.3 is 0 Å². The Hall–Kier alpha value is -1.33. The van der Waals surface area contributed by atoms with Crippen molar-refractivity contribution >= 4 is 27.9 Å². The molecule has 0 spiro atoms. The van der Waals surface area contributed by atoms with Crippen LogP contribution >= 0.6 is 15.9 Å². The van der Waals surface area contributed by atoms with Crippen LogP contribution in [-0.4, -0.2) is 54.5 Å². The first-order valence-corrected chi connectivity index (χ1v) is 10.1. The molecule has 25 heavy (non-hydrogen) atoms. The van der Waals surface area contributed by atoms with Gasteiger partial charge in [-0.3, -0.25) is 9.69 Å². The standard InChI is InChI=1S/C20H27BrN2O2/c1-2-25-19-9-8-17(21)15-16(19)7-10-20(24)23-13-11-22(12-14-23)18-5-3-4-6-18/h7-10,15,18H,2-6,11-14H2,1H3/b10-7+. The second-order valence-electron chi connectivity index (χ2n) is 6.75. The van der Waals surface area contributed by atoms with Crippen molar-refractivity contribution in [3.63, 3.8) is 0 Å². The van der Waals surface area contributed by atoms with E-state index < -0.39 is 0 Å². The molecule has 0 bridgehead atoms. The second kappa shape index (κ2) is 8.86. The molecular weight excluding hydrogens is 380 g/mol. The van der Waals surface area contributed by atoms with Gasteiger partial charge in [0.2, 0.25) is 5.91 Å². The highest BCUT2D eigenvalue weighted by Gasteiger charge is 2.27. The van der Waals surface area contributed by atoms with E-state index >= 15 is 0 Å². The summed E-state index contributed by atoms with van der Waals surface area (Å²) in [5, 5.41) is 0. The molecule has 1 heterocycles. The summed E-state index contributed by atoms with van der Waals surface area (Å²) >= 11 is 3.48. The van der Waals surface area contributed by atoms with Crippen LogP contribution in [0.2, 0.25) is 0 Å². The zero-order valence-electron chi connectivity index (χ0n) is 14.9. The highest BCUT2D eigenvalue weighted by molar-refractivity contribution is 9.10. The Labute approximate surface area is 159 Å². The van der Waals surface area contributed by atoms with Gasteiger partial charge in [-0.05, 0) is 44.0 Å². The Kier molecular flexibility index (Phi) is 6.54. The largest absolute Gasteiger partial charge is 0.493 e. The number of nitrogens with zero attached hydrogens (tertiary/aromatic N) is 2. The first-order chi connectivity index (χ1) is 12.2. The molecule has 0 radical (unpaired) electrons. The van der Waals surface area contributed by atoms with Crippen molar-refractivity contribution in [2.24, 2.45) is 0 Å². The van der Waals surface area contributed by atoms with E-state index in [0.717, 1.165) is 48.0 Å². The molecule has 0 aromatic heterocycles. The molecule has 0 unspecified atom stereocenters. The van der Waals surface area contributed by atoms with Crippen molar-refractivity contribution in [2.45, 2.75) is 38.6 Å². The molecule has 2 aliphatic rings. The molecule has 0 N–H and O–H groups in total. The van der Waals surface area contributed by atoms with E-state index in [1.807, 2.05) is 36.1 Å². The molecule has 4 nitrogen and oxygen atoms in total. The molecule has 3 rings (SSSR count). The molecule has 5 heteroatoms. The molecule has 1 aromatic rings. The maximum absolute atomic E-state index is 12.5. The number of ether oxygens (including phenoxy) is 1.